The van der Waals surface area contributed by atoms with Crippen molar-refractivity contribution >= 4 is 21.7 Å². The molecule has 2 aromatic rings. The van der Waals surface area contributed by atoms with Crippen LogP contribution in [0.25, 0.3) is 5.69 Å². The summed E-state index contributed by atoms with van der Waals surface area (Å²) in [7, 11) is 0. The van der Waals surface area contributed by atoms with E-state index in [1.54, 1.807) is 17.1 Å². The predicted octanol–water partition coefficient (Wildman–Crippen LogP) is 1.61. The zero-order valence-corrected chi connectivity index (χ0v) is 8.27. The third kappa shape index (κ3) is 1.42. The van der Waals surface area contributed by atoms with Gasteiger partial charge in [-0.25, -0.2) is 9.67 Å². The van der Waals surface area contributed by atoms with E-state index in [9.17, 15) is 0 Å². The average Bonchev–Trinajstić information content (AvgIpc) is 2.62. The highest BCUT2D eigenvalue weighted by Gasteiger charge is 2.05. The van der Waals surface area contributed by atoms with Gasteiger partial charge in [0, 0.05) is 18.6 Å². The van der Waals surface area contributed by atoms with Crippen LogP contribution in [0.15, 0.2) is 35.2 Å². The third-order valence-corrected chi connectivity index (χ3v) is 2.46. The summed E-state index contributed by atoms with van der Waals surface area (Å²) in [4.78, 5) is 3.94. The van der Waals surface area contributed by atoms with Gasteiger partial charge in [-0.15, -0.1) is 0 Å². The summed E-state index contributed by atoms with van der Waals surface area (Å²) in [6.45, 7) is 0. The fraction of sp³-hybridized carbons (Fsp3) is 0. The van der Waals surface area contributed by atoms with E-state index in [0.717, 1.165) is 10.2 Å². The highest BCUT2D eigenvalue weighted by molar-refractivity contribution is 9.10. The fourth-order valence-electron chi connectivity index (χ4n) is 1.04. The zero-order chi connectivity index (χ0) is 9.26. The average molecular weight is 239 g/mol. The lowest BCUT2D eigenvalue weighted by atomic mass is 10.4. The van der Waals surface area contributed by atoms with Crippen molar-refractivity contribution in [1.29, 1.82) is 0 Å². The Balaban J connectivity index is 2.59. The molecular weight excluding hydrogens is 232 g/mol. The van der Waals surface area contributed by atoms with Crippen LogP contribution >= 0.6 is 15.9 Å². The molecule has 0 aliphatic rings. The molecule has 2 heterocycles. The van der Waals surface area contributed by atoms with E-state index in [1.165, 1.54) is 0 Å². The van der Waals surface area contributed by atoms with E-state index >= 15 is 0 Å². The number of hydrogen-bond acceptors (Lipinski definition) is 3. The number of rotatable bonds is 1. The van der Waals surface area contributed by atoms with E-state index in [4.69, 9.17) is 5.73 Å². The Labute approximate surface area is 83.5 Å². The van der Waals surface area contributed by atoms with Crippen LogP contribution < -0.4 is 5.73 Å². The van der Waals surface area contributed by atoms with Gasteiger partial charge >= 0.3 is 0 Å². The Hall–Kier alpha value is -1.36. The number of nitrogen functional groups attached to an aromatic ring is 1. The lowest BCUT2D eigenvalue weighted by Crippen LogP contribution is -1.99. The van der Waals surface area contributed by atoms with Gasteiger partial charge in [0.1, 0.15) is 5.82 Å². The molecule has 0 saturated heterocycles. The summed E-state index contributed by atoms with van der Waals surface area (Å²) >= 11 is 3.35. The largest absolute Gasteiger partial charge is 0.383 e. The van der Waals surface area contributed by atoms with E-state index in [1.807, 2.05) is 18.3 Å². The van der Waals surface area contributed by atoms with Crippen LogP contribution in [0.1, 0.15) is 0 Å². The molecule has 0 fully saturated rings. The molecule has 5 heteroatoms. The number of hydrogen-bond donors (Lipinski definition) is 1. The predicted molar refractivity (Wildman–Crippen MR) is 53.5 cm³/mol. The molecule has 2 rings (SSSR count). The maximum atomic E-state index is 5.63. The molecule has 0 saturated carbocycles. The second-order valence-corrected chi connectivity index (χ2v) is 3.27. The number of nitrogens with zero attached hydrogens (tertiary/aromatic N) is 3. The quantitative estimate of drug-likeness (QED) is 0.822. The highest BCUT2D eigenvalue weighted by Crippen LogP contribution is 2.24. The van der Waals surface area contributed by atoms with Gasteiger partial charge in [-0.2, -0.15) is 5.10 Å². The highest BCUT2D eigenvalue weighted by atomic mass is 79.9. The van der Waals surface area contributed by atoms with Gasteiger partial charge in [-0.1, -0.05) is 0 Å². The van der Waals surface area contributed by atoms with E-state index < -0.39 is 0 Å². The van der Waals surface area contributed by atoms with Gasteiger partial charge in [0.25, 0.3) is 0 Å². The van der Waals surface area contributed by atoms with E-state index in [0.29, 0.717) is 5.82 Å². The molecule has 2 N–H and O–H groups in total. The molecule has 66 valence electrons. The smallest absolute Gasteiger partial charge is 0.139 e. The van der Waals surface area contributed by atoms with Gasteiger partial charge in [-0.3, -0.25) is 0 Å². The van der Waals surface area contributed by atoms with Crippen LogP contribution in [0.3, 0.4) is 0 Å². The molecular formula is C8H7BrN4. The van der Waals surface area contributed by atoms with Gasteiger partial charge < -0.3 is 5.73 Å². The molecule has 4 nitrogen and oxygen atoms in total. The van der Waals surface area contributed by atoms with Crippen molar-refractivity contribution in [1.82, 2.24) is 14.8 Å². The van der Waals surface area contributed by atoms with Gasteiger partial charge in [-0.05, 0) is 28.1 Å². The van der Waals surface area contributed by atoms with Crippen molar-refractivity contribution in [2.24, 2.45) is 0 Å². The number of halogens is 1. The maximum absolute atomic E-state index is 5.63. The number of nitrogens with two attached hydrogens (primary N) is 1. The first-order chi connectivity index (χ1) is 6.29. The molecule has 0 radical (unpaired) electrons. The molecule has 0 unspecified atom stereocenters. The molecule has 0 spiro atoms. The van der Waals surface area contributed by atoms with Crippen molar-refractivity contribution in [2.75, 3.05) is 5.73 Å². The summed E-state index contributed by atoms with van der Waals surface area (Å²) in [5.41, 5.74) is 6.51. The topological polar surface area (TPSA) is 56.7 Å². The Morgan fingerprint density at radius 2 is 2.23 bits per heavy atom. The summed E-state index contributed by atoms with van der Waals surface area (Å²) in [5.74, 6) is 0.466. The normalized spacial score (nSPS) is 10.2. The first-order valence-corrected chi connectivity index (χ1v) is 4.48. The van der Waals surface area contributed by atoms with Crippen LogP contribution in [0.2, 0.25) is 0 Å². The minimum atomic E-state index is 0.466. The Kier molecular flexibility index (Phi) is 2.02. The van der Waals surface area contributed by atoms with Gasteiger partial charge in [0.2, 0.25) is 0 Å². The first kappa shape index (κ1) is 8.25. The number of pyridine rings is 1. The minimum Gasteiger partial charge on any atom is -0.383 e. The van der Waals surface area contributed by atoms with Crippen molar-refractivity contribution in [3.63, 3.8) is 0 Å². The Morgan fingerprint density at radius 1 is 1.38 bits per heavy atom. The summed E-state index contributed by atoms with van der Waals surface area (Å²) in [6.07, 6.45) is 5.21. The second-order valence-electron chi connectivity index (χ2n) is 2.48. The lowest BCUT2D eigenvalue weighted by molar-refractivity contribution is 0.874. The van der Waals surface area contributed by atoms with E-state index in [2.05, 4.69) is 26.0 Å². The molecule has 0 aliphatic carbocycles. The number of aromatic nitrogens is 3. The molecule has 0 bridgehead atoms. The monoisotopic (exact) mass is 238 g/mol. The summed E-state index contributed by atoms with van der Waals surface area (Å²) < 4.78 is 2.49. The van der Waals surface area contributed by atoms with Crippen LogP contribution in [0.4, 0.5) is 5.82 Å². The van der Waals surface area contributed by atoms with Crippen LogP contribution in [0, 0.1) is 0 Å². The zero-order valence-electron chi connectivity index (χ0n) is 6.68. The second kappa shape index (κ2) is 3.18. The number of anilines is 1. The van der Waals surface area contributed by atoms with Crippen molar-refractivity contribution < 1.29 is 0 Å². The van der Waals surface area contributed by atoms with Crippen LogP contribution in [-0.4, -0.2) is 14.8 Å². The Bertz CT molecular complexity index is 410. The SMILES string of the molecule is Nc1nccc(-n2cccn2)c1Br. The van der Waals surface area contributed by atoms with Crippen molar-refractivity contribution in [3.8, 4) is 5.69 Å². The maximum Gasteiger partial charge on any atom is 0.139 e. The standard InChI is InChI=1S/C8H7BrN4/c9-7-6(2-4-11-8(7)10)13-5-1-3-12-13/h1-5H,(H2,10,11). The molecule has 2 aromatic heterocycles. The third-order valence-electron chi connectivity index (χ3n) is 1.65. The van der Waals surface area contributed by atoms with Crippen LogP contribution in [-0.2, 0) is 0 Å². The van der Waals surface area contributed by atoms with E-state index in [-0.39, 0.29) is 0 Å². The fourth-order valence-corrected chi connectivity index (χ4v) is 1.45. The molecule has 0 amide bonds. The molecule has 13 heavy (non-hydrogen) atoms. The molecule has 0 aromatic carbocycles. The minimum absolute atomic E-state index is 0.466. The lowest BCUT2D eigenvalue weighted by Gasteiger charge is -2.04. The summed E-state index contributed by atoms with van der Waals surface area (Å²) in [6, 6.07) is 3.69. The first-order valence-electron chi connectivity index (χ1n) is 3.69. The van der Waals surface area contributed by atoms with Gasteiger partial charge in [0.05, 0.1) is 10.2 Å². The van der Waals surface area contributed by atoms with Gasteiger partial charge in [0.15, 0.2) is 0 Å². The van der Waals surface area contributed by atoms with Crippen LogP contribution in [0.5, 0.6) is 0 Å². The Morgan fingerprint density at radius 3 is 2.92 bits per heavy atom. The van der Waals surface area contributed by atoms with Crippen molar-refractivity contribution in [3.05, 3.63) is 35.2 Å². The molecule has 0 atom stereocenters. The molecule has 0 aliphatic heterocycles. The summed E-state index contributed by atoms with van der Waals surface area (Å²) in [5, 5.41) is 4.09. The van der Waals surface area contributed by atoms with Crippen molar-refractivity contribution in [2.45, 2.75) is 0 Å².